The van der Waals surface area contributed by atoms with Crippen molar-refractivity contribution in [2.24, 2.45) is 0 Å². The first-order valence-electron chi connectivity index (χ1n) is 6.37. The zero-order valence-electron chi connectivity index (χ0n) is 11.1. The van der Waals surface area contributed by atoms with Crippen LogP contribution in [0.15, 0.2) is 24.3 Å². The maximum atomic E-state index is 12.2. The van der Waals surface area contributed by atoms with E-state index >= 15 is 0 Å². The van der Waals surface area contributed by atoms with Crippen LogP contribution in [0.25, 0.3) is 0 Å². The van der Waals surface area contributed by atoms with Gasteiger partial charge in [-0.1, -0.05) is 18.2 Å². The Bertz CT molecular complexity index is 501. The number of rotatable bonds is 4. The molecule has 1 aliphatic heterocycles. The lowest BCUT2D eigenvalue weighted by Crippen LogP contribution is -2.45. The average Bonchev–Trinajstić information content (AvgIpc) is 2.71. The third kappa shape index (κ3) is 2.76. The molecule has 2 N–H and O–H groups in total. The number of fused-ring (bicyclic) bond motifs is 1. The molecule has 1 aromatic rings. The van der Waals surface area contributed by atoms with Gasteiger partial charge in [-0.2, -0.15) is 0 Å². The molecule has 19 heavy (non-hydrogen) atoms. The number of carbonyl (C=O) groups excluding carboxylic acids is 1. The monoisotopic (exact) mass is 262 g/mol. The highest BCUT2D eigenvalue weighted by atomic mass is 16.4. The van der Waals surface area contributed by atoms with Crippen LogP contribution in [0.2, 0.25) is 0 Å². The van der Waals surface area contributed by atoms with E-state index in [-0.39, 0.29) is 18.5 Å². The topological polar surface area (TPSA) is 69.6 Å². The van der Waals surface area contributed by atoms with Crippen LogP contribution in [0.3, 0.4) is 0 Å². The Morgan fingerprint density at radius 2 is 2.16 bits per heavy atom. The summed E-state index contributed by atoms with van der Waals surface area (Å²) in [5, 5.41) is 11.5. The van der Waals surface area contributed by atoms with Gasteiger partial charge in [0.15, 0.2) is 0 Å². The van der Waals surface area contributed by atoms with Crippen LogP contribution < -0.4 is 10.2 Å². The van der Waals surface area contributed by atoms with E-state index < -0.39 is 12.0 Å². The number of anilines is 1. The highest BCUT2D eigenvalue weighted by Gasteiger charge is 2.30. The summed E-state index contributed by atoms with van der Waals surface area (Å²) in [5.74, 6) is -1.05. The molecule has 2 atom stereocenters. The van der Waals surface area contributed by atoms with Gasteiger partial charge in [0.2, 0.25) is 5.91 Å². The van der Waals surface area contributed by atoms with Gasteiger partial charge in [0.05, 0.1) is 6.54 Å². The molecule has 5 nitrogen and oxygen atoms in total. The van der Waals surface area contributed by atoms with Crippen LogP contribution in [0, 0.1) is 0 Å². The number of hydrogen-bond acceptors (Lipinski definition) is 3. The van der Waals surface area contributed by atoms with Crippen molar-refractivity contribution in [2.45, 2.75) is 32.4 Å². The molecule has 1 aromatic carbocycles. The predicted molar refractivity (Wildman–Crippen MR) is 72.2 cm³/mol. The molecule has 0 radical (unpaired) electrons. The molecule has 0 aromatic heterocycles. The second kappa shape index (κ2) is 5.40. The smallest absolute Gasteiger partial charge is 0.320 e. The van der Waals surface area contributed by atoms with E-state index in [4.69, 9.17) is 5.11 Å². The van der Waals surface area contributed by atoms with Crippen LogP contribution in [0.1, 0.15) is 19.4 Å². The number of amides is 1. The molecule has 0 saturated heterocycles. The van der Waals surface area contributed by atoms with Crippen molar-refractivity contribution in [2.75, 3.05) is 11.4 Å². The van der Waals surface area contributed by atoms with Gasteiger partial charge in [0.25, 0.3) is 0 Å². The number of benzene rings is 1. The molecule has 1 unspecified atom stereocenters. The zero-order valence-corrected chi connectivity index (χ0v) is 11.1. The number of carbonyl (C=O) groups is 2. The molecule has 1 amide bonds. The number of carboxylic acids is 1. The van der Waals surface area contributed by atoms with Gasteiger partial charge in [-0.3, -0.25) is 14.9 Å². The van der Waals surface area contributed by atoms with Crippen LogP contribution in [-0.2, 0) is 16.0 Å². The first-order chi connectivity index (χ1) is 9.00. The molecule has 0 saturated carbocycles. The lowest BCUT2D eigenvalue weighted by molar-refractivity contribution is -0.139. The summed E-state index contributed by atoms with van der Waals surface area (Å²) in [6.07, 6.45) is 0.844. The summed E-state index contributed by atoms with van der Waals surface area (Å²) in [5.41, 5.74) is 2.10. The molecule has 0 bridgehead atoms. The van der Waals surface area contributed by atoms with Crippen LogP contribution in [0.4, 0.5) is 5.69 Å². The van der Waals surface area contributed by atoms with E-state index in [2.05, 4.69) is 5.32 Å². The normalized spacial score (nSPS) is 19.1. The van der Waals surface area contributed by atoms with Crippen molar-refractivity contribution in [3.8, 4) is 0 Å². The fourth-order valence-corrected chi connectivity index (χ4v) is 2.36. The van der Waals surface area contributed by atoms with Gasteiger partial charge in [0, 0.05) is 11.7 Å². The third-order valence-corrected chi connectivity index (χ3v) is 3.41. The van der Waals surface area contributed by atoms with Crippen molar-refractivity contribution >= 4 is 17.6 Å². The molecular weight excluding hydrogens is 244 g/mol. The van der Waals surface area contributed by atoms with Gasteiger partial charge in [-0.25, -0.2) is 0 Å². The zero-order chi connectivity index (χ0) is 14.0. The van der Waals surface area contributed by atoms with Gasteiger partial charge in [0.1, 0.15) is 6.04 Å². The number of aliphatic carboxylic acids is 1. The fourth-order valence-electron chi connectivity index (χ4n) is 2.36. The fraction of sp³-hybridized carbons (Fsp3) is 0.429. The quantitative estimate of drug-likeness (QED) is 0.850. The van der Waals surface area contributed by atoms with Crippen molar-refractivity contribution in [3.63, 3.8) is 0 Å². The van der Waals surface area contributed by atoms with Crippen LogP contribution in [0.5, 0.6) is 0 Å². The molecule has 0 fully saturated rings. The summed E-state index contributed by atoms with van der Waals surface area (Å²) in [4.78, 5) is 24.7. The van der Waals surface area contributed by atoms with Crippen LogP contribution in [-0.4, -0.2) is 35.6 Å². The third-order valence-electron chi connectivity index (χ3n) is 3.41. The number of carboxylic acid groups (broad SMARTS) is 1. The lowest BCUT2D eigenvalue weighted by atomic mass is 10.1. The predicted octanol–water partition coefficient (Wildman–Crippen LogP) is 1.03. The van der Waals surface area contributed by atoms with E-state index in [0.29, 0.717) is 0 Å². The number of hydrogen-bond donors (Lipinski definition) is 2. The Kier molecular flexibility index (Phi) is 3.85. The molecule has 1 aliphatic rings. The van der Waals surface area contributed by atoms with E-state index in [1.54, 1.807) is 4.90 Å². The molecule has 1 heterocycles. The molecule has 2 rings (SSSR count). The van der Waals surface area contributed by atoms with E-state index in [1.807, 2.05) is 31.2 Å². The van der Waals surface area contributed by atoms with E-state index in [0.717, 1.165) is 17.7 Å². The standard InChI is InChI=1S/C14H18N2O3/c1-9-7-11-5-3-4-6-12(11)16(9)13(17)8-15-10(2)14(18)19/h3-6,9-10,15H,7-8H2,1-2H3,(H,18,19)/t9?,10-/m0/s1. The summed E-state index contributed by atoms with van der Waals surface area (Å²) in [6.45, 7) is 3.56. The molecule has 102 valence electrons. The Morgan fingerprint density at radius 3 is 2.84 bits per heavy atom. The van der Waals surface area contributed by atoms with Gasteiger partial charge >= 0.3 is 5.97 Å². The largest absolute Gasteiger partial charge is 0.480 e. The van der Waals surface area contributed by atoms with Gasteiger partial charge in [-0.05, 0) is 31.9 Å². The second-order valence-electron chi connectivity index (χ2n) is 4.89. The van der Waals surface area contributed by atoms with E-state index in [9.17, 15) is 9.59 Å². The molecule has 5 heteroatoms. The number of nitrogens with one attached hydrogen (secondary N) is 1. The van der Waals surface area contributed by atoms with Crippen molar-refractivity contribution in [3.05, 3.63) is 29.8 Å². The van der Waals surface area contributed by atoms with Crippen molar-refractivity contribution in [1.29, 1.82) is 0 Å². The number of para-hydroxylation sites is 1. The summed E-state index contributed by atoms with van der Waals surface area (Å²) < 4.78 is 0. The van der Waals surface area contributed by atoms with Gasteiger partial charge in [-0.15, -0.1) is 0 Å². The minimum Gasteiger partial charge on any atom is -0.480 e. The molecular formula is C14H18N2O3. The Hall–Kier alpha value is -1.88. The maximum Gasteiger partial charge on any atom is 0.320 e. The SMILES string of the molecule is CC1Cc2ccccc2N1C(=O)CN[C@@H](C)C(=O)O. The van der Waals surface area contributed by atoms with Gasteiger partial charge < -0.3 is 10.0 Å². The first kappa shape index (κ1) is 13.5. The number of nitrogens with zero attached hydrogens (tertiary/aromatic N) is 1. The summed E-state index contributed by atoms with van der Waals surface area (Å²) in [7, 11) is 0. The first-order valence-corrected chi connectivity index (χ1v) is 6.37. The lowest BCUT2D eigenvalue weighted by Gasteiger charge is -2.23. The minimum atomic E-state index is -0.956. The second-order valence-corrected chi connectivity index (χ2v) is 4.89. The van der Waals surface area contributed by atoms with Crippen molar-refractivity contribution in [1.82, 2.24) is 5.32 Å². The Labute approximate surface area is 112 Å². The Balaban J connectivity index is 2.06. The average molecular weight is 262 g/mol. The van der Waals surface area contributed by atoms with E-state index in [1.165, 1.54) is 6.92 Å². The summed E-state index contributed by atoms with van der Waals surface area (Å²) >= 11 is 0. The van der Waals surface area contributed by atoms with Crippen LogP contribution >= 0.6 is 0 Å². The highest BCUT2D eigenvalue weighted by Crippen LogP contribution is 2.31. The Morgan fingerprint density at radius 1 is 1.47 bits per heavy atom. The van der Waals surface area contributed by atoms with Crippen molar-refractivity contribution < 1.29 is 14.7 Å². The summed E-state index contributed by atoms with van der Waals surface area (Å²) in [6, 6.07) is 7.21. The molecule has 0 spiro atoms. The molecule has 0 aliphatic carbocycles. The maximum absolute atomic E-state index is 12.2. The highest BCUT2D eigenvalue weighted by molar-refractivity contribution is 5.97. The minimum absolute atomic E-state index is 0.0339.